The lowest BCUT2D eigenvalue weighted by Gasteiger charge is -2.08. The van der Waals surface area contributed by atoms with Crippen molar-refractivity contribution < 1.29 is 4.79 Å². The third kappa shape index (κ3) is 3.21. The van der Waals surface area contributed by atoms with Crippen LogP contribution in [-0.2, 0) is 0 Å². The molecule has 0 aromatic heterocycles. The van der Waals surface area contributed by atoms with E-state index in [0.29, 0.717) is 6.04 Å². The Labute approximate surface area is 105 Å². The summed E-state index contributed by atoms with van der Waals surface area (Å²) in [5.41, 5.74) is 0.766. The van der Waals surface area contributed by atoms with E-state index in [1.54, 1.807) is 0 Å². The molecule has 2 amide bonds. The SMILES string of the molecule is O=C(Nc1cc(Br)ccc1Br)NC1CC1. The number of anilines is 1. The molecular weight excluding hydrogens is 324 g/mol. The van der Waals surface area contributed by atoms with E-state index < -0.39 is 0 Å². The van der Waals surface area contributed by atoms with Crippen LogP contribution in [0.15, 0.2) is 27.1 Å². The van der Waals surface area contributed by atoms with Crippen LogP contribution in [0.4, 0.5) is 10.5 Å². The molecule has 5 heteroatoms. The van der Waals surface area contributed by atoms with Crippen molar-refractivity contribution in [3.05, 3.63) is 27.1 Å². The monoisotopic (exact) mass is 332 g/mol. The number of benzene rings is 1. The van der Waals surface area contributed by atoms with Crippen molar-refractivity contribution in [2.45, 2.75) is 18.9 Å². The Morgan fingerprint density at radius 3 is 2.73 bits per heavy atom. The fraction of sp³-hybridized carbons (Fsp3) is 0.300. The number of urea groups is 1. The van der Waals surface area contributed by atoms with E-state index in [9.17, 15) is 4.79 Å². The molecule has 1 aliphatic rings. The minimum atomic E-state index is -0.142. The first-order valence-electron chi connectivity index (χ1n) is 4.68. The molecule has 0 atom stereocenters. The van der Waals surface area contributed by atoms with E-state index in [1.165, 1.54) is 0 Å². The van der Waals surface area contributed by atoms with Gasteiger partial charge in [0.25, 0.3) is 0 Å². The second-order valence-corrected chi connectivity index (χ2v) is 5.27. The molecule has 1 aliphatic carbocycles. The van der Waals surface area contributed by atoms with Crippen molar-refractivity contribution in [1.29, 1.82) is 0 Å². The summed E-state index contributed by atoms with van der Waals surface area (Å²) in [6.45, 7) is 0. The first-order chi connectivity index (χ1) is 7.15. The molecule has 1 aromatic carbocycles. The summed E-state index contributed by atoms with van der Waals surface area (Å²) in [5.74, 6) is 0. The Morgan fingerprint density at radius 2 is 2.07 bits per heavy atom. The Morgan fingerprint density at radius 1 is 1.33 bits per heavy atom. The van der Waals surface area contributed by atoms with Gasteiger partial charge in [-0.05, 0) is 47.0 Å². The molecule has 0 spiro atoms. The Kier molecular flexibility index (Phi) is 3.31. The van der Waals surface area contributed by atoms with E-state index in [1.807, 2.05) is 18.2 Å². The number of rotatable bonds is 2. The van der Waals surface area contributed by atoms with Crippen LogP contribution in [0.3, 0.4) is 0 Å². The lowest BCUT2D eigenvalue weighted by atomic mass is 10.3. The van der Waals surface area contributed by atoms with Gasteiger partial charge in [-0.25, -0.2) is 4.79 Å². The van der Waals surface area contributed by atoms with Crippen LogP contribution in [-0.4, -0.2) is 12.1 Å². The molecule has 0 heterocycles. The molecule has 1 fully saturated rings. The number of halogens is 2. The Hall–Kier alpha value is -0.550. The fourth-order valence-electron chi connectivity index (χ4n) is 1.16. The van der Waals surface area contributed by atoms with Gasteiger partial charge in [-0.15, -0.1) is 0 Å². The topological polar surface area (TPSA) is 41.1 Å². The average Bonchev–Trinajstić information content (AvgIpc) is 2.95. The maximum absolute atomic E-state index is 11.5. The number of hydrogen-bond donors (Lipinski definition) is 2. The fourth-order valence-corrected chi connectivity index (χ4v) is 1.87. The van der Waals surface area contributed by atoms with Crippen molar-refractivity contribution >= 4 is 43.6 Å². The third-order valence-electron chi connectivity index (χ3n) is 2.09. The quantitative estimate of drug-likeness (QED) is 0.854. The zero-order chi connectivity index (χ0) is 10.8. The largest absolute Gasteiger partial charge is 0.335 e. The maximum atomic E-state index is 11.5. The molecule has 1 aromatic rings. The molecule has 0 bridgehead atoms. The molecule has 1 saturated carbocycles. The second kappa shape index (κ2) is 4.53. The van der Waals surface area contributed by atoms with Crippen molar-refractivity contribution in [3.8, 4) is 0 Å². The number of carbonyl (C=O) groups is 1. The number of amides is 2. The first kappa shape index (κ1) is 11.0. The van der Waals surface area contributed by atoms with Crippen LogP contribution >= 0.6 is 31.9 Å². The van der Waals surface area contributed by atoms with Gasteiger partial charge < -0.3 is 10.6 Å². The molecule has 0 radical (unpaired) electrons. The van der Waals surface area contributed by atoms with E-state index >= 15 is 0 Å². The predicted octanol–water partition coefficient (Wildman–Crippen LogP) is 3.50. The summed E-state index contributed by atoms with van der Waals surface area (Å²) in [7, 11) is 0. The van der Waals surface area contributed by atoms with Gasteiger partial charge in [0.05, 0.1) is 5.69 Å². The van der Waals surface area contributed by atoms with Gasteiger partial charge in [0.1, 0.15) is 0 Å². The van der Waals surface area contributed by atoms with Crippen molar-refractivity contribution in [3.63, 3.8) is 0 Å². The zero-order valence-electron chi connectivity index (χ0n) is 7.89. The predicted molar refractivity (Wildman–Crippen MR) is 67.0 cm³/mol. The van der Waals surface area contributed by atoms with Crippen LogP contribution in [0.5, 0.6) is 0 Å². The summed E-state index contributed by atoms with van der Waals surface area (Å²) in [5, 5.41) is 5.66. The van der Waals surface area contributed by atoms with Gasteiger partial charge in [-0.3, -0.25) is 0 Å². The van der Waals surface area contributed by atoms with E-state index in [4.69, 9.17) is 0 Å². The highest BCUT2D eigenvalue weighted by Gasteiger charge is 2.23. The molecular formula is C10H10Br2N2O. The first-order valence-corrected chi connectivity index (χ1v) is 6.26. The molecule has 2 N–H and O–H groups in total. The molecule has 0 aliphatic heterocycles. The normalized spacial score (nSPS) is 14.8. The van der Waals surface area contributed by atoms with E-state index in [2.05, 4.69) is 42.5 Å². The van der Waals surface area contributed by atoms with Crippen LogP contribution in [0.1, 0.15) is 12.8 Å². The summed E-state index contributed by atoms with van der Waals surface area (Å²) < 4.78 is 1.81. The lowest BCUT2D eigenvalue weighted by molar-refractivity contribution is 0.251. The maximum Gasteiger partial charge on any atom is 0.319 e. The highest BCUT2D eigenvalue weighted by atomic mass is 79.9. The minimum Gasteiger partial charge on any atom is -0.335 e. The van der Waals surface area contributed by atoms with Gasteiger partial charge in [0.15, 0.2) is 0 Å². The molecule has 15 heavy (non-hydrogen) atoms. The molecule has 80 valence electrons. The Balaban J connectivity index is 2.01. The lowest BCUT2D eigenvalue weighted by Crippen LogP contribution is -2.30. The molecule has 2 rings (SSSR count). The summed E-state index contributed by atoms with van der Waals surface area (Å²) >= 11 is 6.73. The van der Waals surface area contributed by atoms with Gasteiger partial charge in [0, 0.05) is 15.0 Å². The number of hydrogen-bond acceptors (Lipinski definition) is 1. The van der Waals surface area contributed by atoms with Crippen molar-refractivity contribution in [2.24, 2.45) is 0 Å². The molecule has 0 saturated heterocycles. The van der Waals surface area contributed by atoms with Crippen LogP contribution in [0.2, 0.25) is 0 Å². The van der Waals surface area contributed by atoms with Gasteiger partial charge >= 0.3 is 6.03 Å². The summed E-state index contributed by atoms with van der Waals surface area (Å²) in [4.78, 5) is 11.5. The van der Waals surface area contributed by atoms with Gasteiger partial charge in [-0.1, -0.05) is 15.9 Å². The van der Waals surface area contributed by atoms with Crippen LogP contribution in [0, 0.1) is 0 Å². The van der Waals surface area contributed by atoms with Crippen LogP contribution in [0.25, 0.3) is 0 Å². The van der Waals surface area contributed by atoms with E-state index in [0.717, 1.165) is 27.5 Å². The summed E-state index contributed by atoms with van der Waals surface area (Å²) in [6, 6.07) is 5.88. The van der Waals surface area contributed by atoms with Crippen molar-refractivity contribution in [2.75, 3.05) is 5.32 Å². The van der Waals surface area contributed by atoms with Gasteiger partial charge in [-0.2, -0.15) is 0 Å². The highest BCUT2D eigenvalue weighted by molar-refractivity contribution is 9.11. The van der Waals surface area contributed by atoms with Gasteiger partial charge in [0.2, 0.25) is 0 Å². The molecule has 3 nitrogen and oxygen atoms in total. The number of carbonyl (C=O) groups excluding carboxylic acids is 1. The Bertz CT molecular complexity index is 391. The van der Waals surface area contributed by atoms with Crippen LogP contribution < -0.4 is 10.6 Å². The highest BCUT2D eigenvalue weighted by Crippen LogP contribution is 2.26. The number of nitrogens with one attached hydrogen (secondary N) is 2. The van der Waals surface area contributed by atoms with E-state index in [-0.39, 0.29) is 6.03 Å². The average molecular weight is 334 g/mol. The minimum absolute atomic E-state index is 0.142. The zero-order valence-corrected chi connectivity index (χ0v) is 11.1. The molecule has 0 unspecified atom stereocenters. The third-order valence-corrected chi connectivity index (χ3v) is 3.27. The smallest absolute Gasteiger partial charge is 0.319 e. The standard InChI is InChI=1S/C10H10Br2N2O/c11-6-1-4-8(12)9(5-6)14-10(15)13-7-2-3-7/h1,4-5,7H,2-3H2,(H2,13,14,15). The second-order valence-electron chi connectivity index (χ2n) is 3.50. The van der Waals surface area contributed by atoms with Crippen molar-refractivity contribution in [1.82, 2.24) is 5.32 Å². The summed E-state index contributed by atoms with van der Waals surface area (Å²) in [6.07, 6.45) is 2.18.